The third-order valence-corrected chi connectivity index (χ3v) is 1.66. The lowest BCUT2D eigenvalue weighted by molar-refractivity contribution is 0.0565. The fourth-order valence-electron chi connectivity index (χ4n) is 0.884. The number of hydrogen-bond acceptors (Lipinski definition) is 2. The van der Waals surface area contributed by atoms with Gasteiger partial charge in [-0.25, -0.2) is 4.68 Å². The fraction of sp³-hybridized carbons (Fsp3) is 0.333. The van der Waals surface area contributed by atoms with Crippen molar-refractivity contribution in [2.45, 2.75) is 19.5 Å². The maximum absolute atomic E-state index is 12.1. The van der Waals surface area contributed by atoms with E-state index in [-0.39, 0.29) is 5.56 Å². The van der Waals surface area contributed by atoms with Crippen molar-refractivity contribution < 1.29 is 13.6 Å². The molecule has 0 spiro atoms. The van der Waals surface area contributed by atoms with Crippen LogP contribution in [0.4, 0.5) is 8.78 Å². The van der Waals surface area contributed by atoms with Crippen LogP contribution in [0.1, 0.15) is 23.8 Å². The molecule has 1 aromatic rings. The third-order valence-electron chi connectivity index (χ3n) is 1.66. The molecule has 1 heterocycles. The van der Waals surface area contributed by atoms with Gasteiger partial charge >= 0.3 is 6.55 Å². The first-order valence-corrected chi connectivity index (χ1v) is 4.14. The van der Waals surface area contributed by atoms with Gasteiger partial charge in [0, 0.05) is 6.20 Å². The molecule has 1 N–H and O–H groups in total. The molecule has 1 amide bonds. The molecule has 0 fully saturated rings. The summed E-state index contributed by atoms with van der Waals surface area (Å²) in [5, 5.41) is 5.75. The molecule has 0 aliphatic heterocycles. The van der Waals surface area contributed by atoms with Crippen LogP contribution >= 0.6 is 0 Å². The Hall–Kier alpha value is -1.90. The van der Waals surface area contributed by atoms with E-state index >= 15 is 0 Å². The maximum atomic E-state index is 12.1. The molecule has 1 aromatic heterocycles. The number of hydrogen-bond donors (Lipinski definition) is 1. The van der Waals surface area contributed by atoms with E-state index in [4.69, 9.17) is 6.42 Å². The Balaban J connectivity index is 2.71. The second-order valence-corrected chi connectivity index (χ2v) is 2.85. The molecule has 80 valence electrons. The minimum atomic E-state index is -2.75. The standard InChI is InChI=1S/C9H9F2N3O/c1-3-6(2)13-8(15)7-4-12-14(5-7)9(10)11/h1,4-6,9H,2H3,(H,13,15)/t6-/m0/s1. The van der Waals surface area contributed by atoms with Crippen LogP contribution in [-0.2, 0) is 0 Å². The molecule has 0 aromatic carbocycles. The van der Waals surface area contributed by atoms with Crippen molar-refractivity contribution in [3.63, 3.8) is 0 Å². The Morgan fingerprint density at radius 2 is 2.40 bits per heavy atom. The topological polar surface area (TPSA) is 46.9 Å². The van der Waals surface area contributed by atoms with E-state index in [0.29, 0.717) is 4.68 Å². The highest BCUT2D eigenvalue weighted by Crippen LogP contribution is 2.09. The molecular formula is C9H9F2N3O. The van der Waals surface area contributed by atoms with Crippen LogP contribution in [0.5, 0.6) is 0 Å². The summed E-state index contributed by atoms with van der Waals surface area (Å²) >= 11 is 0. The first-order chi connectivity index (χ1) is 7.04. The molecule has 15 heavy (non-hydrogen) atoms. The van der Waals surface area contributed by atoms with Gasteiger partial charge in [0.25, 0.3) is 5.91 Å². The summed E-state index contributed by atoms with van der Waals surface area (Å²) in [5.74, 6) is 1.77. The summed E-state index contributed by atoms with van der Waals surface area (Å²) in [5.41, 5.74) is 0.0531. The van der Waals surface area contributed by atoms with Crippen LogP contribution in [0, 0.1) is 12.3 Å². The van der Waals surface area contributed by atoms with Gasteiger partial charge < -0.3 is 5.32 Å². The van der Waals surface area contributed by atoms with E-state index in [0.717, 1.165) is 12.4 Å². The largest absolute Gasteiger partial charge is 0.339 e. The number of aromatic nitrogens is 2. The zero-order chi connectivity index (χ0) is 11.4. The SMILES string of the molecule is C#C[C@H](C)NC(=O)c1cnn(C(F)F)c1. The second kappa shape index (κ2) is 4.55. The van der Waals surface area contributed by atoms with E-state index in [1.807, 2.05) is 0 Å². The van der Waals surface area contributed by atoms with E-state index in [2.05, 4.69) is 16.3 Å². The van der Waals surface area contributed by atoms with Gasteiger partial charge in [-0.3, -0.25) is 4.79 Å². The minimum Gasteiger partial charge on any atom is -0.339 e. The van der Waals surface area contributed by atoms with E-state index in [1.54, 1.807) is 6.92 Å². The average Bonchev–Trinajstić information content (AvgIpc) is 2.66. The smallest absolute Gasteiger partial charge is 0.333 e. The summed E-state index contributed by atoms with van der Waals surface area (Å²) in [7, 11) is 0. The molecule has 0 aliphatic rings. The monoisotopic (exact) mass is 213 g/mol. The molecule has 0 aliphatic carbocycles. The van der Waals surface area contributed by atoms with Crippen molar-refractivity contribution in [1.82, 2.24) is 15.1 Å². The van der Waals surface area contributed by atoms with Crippen molar-refractivity contribution in [3.8, 4) is 12.3 Å². The Labute approximate surface area is 85.3 Å². The predicted molar refractivity (Wildman–Crippen MR) is 49.2 cm³/mol. The van der Waals surface area contributed by atoms with Gasteiger partial charge in [0.1, 0.15) is 0 Å². The zero-order valence-electron chi connectivity index (χ0n) is 7.95. The highest BCUT2D eigenvalue weighted by Gasteiger charge is 2.13. The number of nitrogens with zero attached hydrogens (tertiary/aromatic N) is 2. The van der Waals surface area contributed by atoms with Gasteiger partial charge in [-0.2, -0.15) is 13.9 Å². The minimum absolute atomic E-state index is 0.0531. The van der Waals surface area contributed by atoms with Crippen LogP contribution < -0.4 is 5.32 Å². The third kappa shape index (κ3) is 2.77. The summed E-state index contributed by atoms with van der Waals surface area (Å²) in [6, 6.07) is -0.451. The number of nitrogens with one attached hydrogen (secondary N) is 1. The maximum Gasteiger partial charge on any atom is 0.333 e. The average molecular weight is 213 g/mol. The Morgan fingerprint density at radius 3 is 2.87 bits per heavy atom. The number of carbonyl (C=O) groups is 1. The van der Waals surface area contributed by atoms with Gasteiger partial charge in [0.15, 0.2) is 0 Å². The summed E-state index contributed by atoms with van der Waals surface area (Å²) in [6.45, 7) is -1.15. The highest BCUT2D eigenvalue weighted by atomic mass is 19.3. The van der Waals surface area contributed by atoms with Gasteiger partial charge in [-0.1, -0.05) is 5.92 Å². The molecule has 0 saturated heterocycles. The lowest BCUT2D eigenvalue weighted by atomic mass is 10.3. The molecule has 1 atom stereocenters. The first kappa shape index (κ1) is 11.2. The van der Waals surface area contributed by atoms with Crippen molar-refractivity contribution in [3.05, 3.63) is 18.0 Å². The number of alkyl halides is 2. The Kier molecular flexibility index (Phi) is 3.39. The summed E-state index contributed by atoms with van der Waals surface area (Å²) in [4.78, 5) is 11.3. The molecular weight excluding hydrogens is 204 g/mol. The number of carbonyl (C=O) groups excluding carboxylic acids is 1. The van der Waals surface area contributed by atoms with Gasteiger partial charge in [-0.05, 0) is 6.92 Å². The van der Waals surface area contributed by atoms with Crippen LogP contribution in [0.25, 0.3) is 0 Å². The fourth-order valence-corrected chi connectivity index (χ4v) is 0.884. The molecule has 0 unspecified atom stereocenters. The molecule has 0 bridgehead atoms. The van der Waals surface area contributed by atoms with Crippen molar-refractivity contribution >= 4 is 5.91 Å². The number of terminal acetylenes is 1. The molecule has 1 rings (SSSR count). The van der Waals surface area contributed by atoms with Crippen LogP contribution in [0.3, 0.4) is 0 Å². The van der Waals surface area contributed by atoms with E-state index < -0.39 is 18.5 Å². The Bertz CT molecular complexity index is 394. The van der Waals surface area contributed by atoms with E-state index in [9.17, 15) is 13.6 Å². The number of amides is 1. The first-order valence-electron chi connectivity index (χ1n) is 4.14. The van der Waals surface area contributed by atoms with Crippen LogP contribution in [0.2, 0.25) is 0 Å². The lowest BCUT2D eigenvalue weighted by Gasteiger charge is -2.05. The predicted octanol–water partition coefficient (Wildman–Crippen LogP) is 1.03. The number of rotatable bonds is 3. The van der Waals surface area contributed by atoms with E-state index in [1.165, 1.54) is 0 Å². The summed E-state index contributed by atoms with van der Waals surface area (Å²) in [6.07, 6.45) is 7.07. The Morgan fingerprint density at radius 1 is 1.73 bits per heavy atom. The normalized spacial score (nSPS) is 12.2. The van der Waals surface area contributed by atoms with Gasteiger partial charge in [-0.15, -0.1) is 6.42 Å². The van der Waals surface area contributed by atoms with Gasteiger partial charge in [0.2, 0.25) is 0 Å². The lowest BCUT2D eigenvalue weighted by Crippen LogP contribution is -2.31. The zero-order valence-corrected chi connectivity index (χ0v) is 7.95. The quantitative estimate of drug-likeness (QED) is 0.762. The molecule has 0 saturated carbocycles. The molecule has 0 radical (unpaired) electrons. The highest BCUT2D eigenvalue weighted by molar-refractivity contribution is 5.94. The van der Waals surface area contributed by atoms with Crippen molar-refractivity contribution in [2.24, 2.45) is 0 Å². The summed E-state index contributed by atoms with van der Waals surface area (Å²) < 4.78 is 24.6. The second-order valence-electron chi connectivity index (χ2n) is 2.85. The number of halogens is 2. The van der Waals surface area contributed by atoms with Crippen molar-refractivity contribution in [1.29, 1.82) is 0 Å². The molecule has 4 nitrogen and oxygen atoms in total. The van der Waals surface area contributed by atoms with Gasteiger partial charge in [0.05, 0.1) is 17.8 Å². The van der Waals surface area contributed by atoms with Crippen LogP contribution in [0.15, 0.2) is 12.4 Å². The molecule has 6 heteroatoms. The van der Waals surface area contributed by atoms with Crippen molar-refractivity contribution in [2.75, 3.05) is 0 Å². The van der Waals surface area contributed by atoms with Crippen LogP contribution in [-0.4, -0.2) is 21.7 Å².